The number of aliphatic hydroxyl groups excluding tert-OH is 1. The fraction of sp³-hybridized carbons (Fsp3) is 0.464. The van der Waals surface area contributed by atoms with Gasteiger partial charge in [-0.3, -0.25) is 4.79 Å². The molecule has 32 heavy (non-hydrogen) atoms. The number of benzene rings is 2. The molecule has 2 atom stereocenters. The third kappa shape index (κ3) is 7.23. The molecule has 3 N–H and O–H groups in total. The molecule has 0 fully saturated rings. The van der Waals surface area contributed by atoms with Gasteiger partial charge in [-0.2, -0.15) is 0 Å². The van der Waals surface area contributed by atoms with Crippen LogP contribution in [0.5, 0.6) is 5.75 Å². The average Bonchev–Trinajstić information content (AvgIpc) is 2.82. The lowest BCUT2D eigenvalue weighted by Crippen LogP contribution is -2.26. The van der Waals surface area contributed by atoms with Gasteiger partial charge in [0.05, 0.1) is 12.0 Å². The number of hydrogen-bond acceptors (Lipinski definition) is 3. The first-order chi connectivity index (χ1) is 15.6. The predicted octanol–water partition coefficient (Wildman–Crippen LogP) is 5.73. The van der Waals surface area contributed by atoms with Crippen molar-refractivity contribution in [1.29, 1.82) is 0 Å². The number of hydrogen-bond donors (Lipinski definition) is 3. The van der Waals surface area contributed by atoms with E-state index < -0.39 is 0 Å². The van der Waals surface area contributed by atoms with Crippen molar-refractivity contribution in [2.45, 2.75) is 76.2 Å². The van der Waals surface area contributed by atoms with Crippen LogP contribution in [0.15, 0.2) is 54.1 Å². The molecule has 0 aliphatic heterocycles. The Hall–Kier alpha value is -2.59. The molecule has 0 spiro atoms. The molecule has 1 amide bonds. The van der Waals surface area contributed by atoms with Crippen molar-refractivity contribution in [3.8, 4) is 5.75 Å². The number of rotatable bonds is 12. The summed E-state index contributed by atoms with van der Waals surface area (Å²) in [5.41, 5.74) is 5.30. The molecule has 1 aliphatic rings. The van der Waals surface area contributed by atoms with Gasteiger partial charge in [0.2, 0.25) is 5.91 Å². The van der Waals surface area contributed by atoms with Crippen molar-refractivity contribution in [2.75, 3.05) is 7.05 Å². The molecule has 2 aromatic carbocycles. The summed E-state index contributed by atoms with van der Waals surface area (Å²) in [6, 6.07) is 15.5. The van der Waals surface area contributed by atoms with Crippen LogP contribution in [0, 0.1) is 0 Å². The number of phenols is 1. The first-order valence-corrected chi connectivity index (χ1v) is 12.0. The maximum absolute atomic E-state index is 12.3. The van der Waals surface area contributed by atoms with Gasteiger partial charge in [-0.05, 0) is 80.2 Å². The van der Waals surface area contributed by atoms with Crippen LogP contribution in [0.1, 0.15) is 80.4 Å². The summed E-state index contributed by atoms with van der Waals surface area (Å²) in [6.45, 7) is 0. The molecule has 2 aromatic rings. The number of carbonyl (C=O) groups is 1. The number of carbonyl (C=O) groups excluding carboxylic acids is 1. The smallest absolute Gasteiger partial charge is 0.227 e. The van der Waals surface area contributed by atoms with Crippen LogP contribution >= 0.6 is 0 Å². The van der Waals surface area contributed by atoms with Gasteiger partial charge >= 0.3 is 0 Å². The zero-order chi connectivity index (χ0) is 22.8. The summed E-state index contributed by atoms with van der Waals surface area (Å²) >= 11 is 0. The van der Waals surface area contributed by atoms with E-state index in [1.54, 1.807) is 36.9 Å². The second kappa shape index (κ2) is 12.4. The quantitative estimate of drug-likeness (QED) is 0.373. The zero-order valence-electron chi connectivity index (χ0n) is 19.2. The molecule has 2 unspecified atom stereocenters. The van der Waals surface area contributed by atoms with Gasteiger partial charge in [0.1, 0.15) is 5.75 Å². The van der Waals surface area contributed by atoms with E-state index in [2.05, 4.69) is 35.7 Å². The molecule has 4 heteroatoms. The Bertz CT molecular complexity index is 888. The molecule has 0 radical (unpaired) electrons. The molecule has 3 rings (SSSR count). The van der Waals surface area contributed by atoms with E-state index in [1.807, 2.05) is 0 Å². The first-order valence-electron chi connectivity index (χ1n) is 12.0. The van der Waals surface area contributed by atoms with Crippen LogP contribution in [0.25, 0.3) is 6.08 Å². The van der Waals surface area contributed by atoms with Gasteiger partial charge in [0.15, 0.2) is 0 Å². The molecule has 172 valence electrons. The Morgan fingerprint density at radius 3 is 2.47 bits per heavy atom. The predicted molar refractivity (Wildman–Crippen MR) is 131 cm³/mol. The van der Waals surface area contributed by atoms with Crippen LogP contribution < -0.4 is 5.32 Å². The number of aliphatic hydroxyl groups is 1. The van der Waals surface area contributed by atoms with E-state index in [1.165, 1.54) is 24.0 Å². The van der Waals surface area contributed by atoms with E-state index in [0.29, 0.717) is 12.8 Å². The number of unbranched alkanes of at least 4 members (excludes halogenated alkanes) is 2. The van der Waals surface area contributed by atoms with E-state index in [0.717, 1.165) is 44.1 Å². The third-order valence-electron chi connectivity index (χ3n) is 6.55. The van der Waals surface area contributed by atoms with E-state index in [4.69, 9.17) is 0 Å². The minimum Gasteiger partial charge on any atom is -0.508 e. The van der Waals surface area contributed by atoms with Gasteiger partial charge in [0.25, 0.3) is 0 Å². The molecule has 1 aliphatic carbocycles. The van der Waals surface area contributed by atoms with Gasteiger partial charge in [-0.1, -0.05) is 60.9 Å². The topological polar surface area (TPSA) is 69.6 Å². The van der Waals surface area contributed by atoms with Gasteiger partial charge < -0.3 is 15.5 Å². The van der Waals surface area contributed by atoms with Gasteiger partial charge in [0, 0.05) is 7.05 Å². The maximum atomic E-state index is 12.3. The summed E-state index contributed by atoms with van der Waals surface area (Å²) < 4.78 is 0. The summed E-state index contributed by atoms with van der Waals surface area (Å²) in [7, 11) is 1.65. The molecule has 0 aromatic heterocycles. The summed E-state index contributed by atoms with van der Waals surface area (Å²) in [5, 5.41) is 22.6. The molecular formula is C28H37NO3. The number of allylic oxidation sites excluding steroid dienone is 1. The number of phenolic OH excluding ortho intramolecular Hbond substituents is 1. The number of aryl methyl sites for hydroxylation is 1. The minimum absolute atomic E-state index is 0.0233. The third-order valence-corrected chi connectivity index (χ3v) is 6.55. The van der Waals surface area contributed by atoms with Crippen molar-refractivity contribution in [1.82, 2.24) is 5.32 Å². The number of aromatic hydroxyl groups is 1. The Balaban J connectivity index is 1.32. The highest BCUT2D eigenvalue weighted by molar-refractivity contribution is 5.83. The molecular weight excluding hydrogens is 398 g/mol. The lowest BCUT2D eigenvalue weighted by atomic mass is 9.89. The Morgan fingerprint density at radius 2 is 1.69 bits per heavy atom. The van der Waals surface area contributed by atoms with Gasteiger partial charge in [-0.25, -0.2) is 0 Å². The van der Waals surface area contributed by atoms with Crippen molar-refractivity contribution < 1.29 is 15.0 Å². The SMILES string of the molecule is CNC(=O)C(CCCC(O)CCCCCC1=Cc2ccccc2CC1)c1ccc(O)cc1. The maximum Gasteiger partial charge on any atom is 0.227 e. The van der Waals surface area contributed by atoms with Crippen molar-refractivity contribution in [2.24, 2.45) is 0 Å². The monoisotopic (exact) mass is 435 g/mol. The second-order valence-corrected chi connectivity index (χ2v) is 8.94. The molecule has 0 saturated carbocycles. The molecule has 4 nitrogen and oxygen atoms in total. The minimum atomic E-state index is -0.305. The Kier molecular flexibility index (Phi) is 9.36. The average molecular weight is 436 g/mol. The lowest BCUT2D eigenvalue weighted by molar-refractivity contribution is -0.122. The first kappa shape index (κ1) is 24.1. The summed E-state index contributed by atoms with van der Waals surface area (Å²) in [4.78, 5) is 12.3. The normalized spacial score (nSPS) is 14.9. The molecule has 0 heterocycles. The molecule has 0 saturated heterocycles. The number of likely N-dealkylation sites (N-methyl/N-ethyl adjacent to an activating group) is 1. The van der Waals surface area contributed by atoms with Crippen molar-refractivity contribution >= 4 is 12.0 Å². The summed E-state index contributed by atoms with van der Waals surface area (Å²) in [5.74, 6) is -0.0732. The highest BCUT2D eigenvalue weighted by Gasteiger charge is 2.19. The lowest BCUT2D eigenvalue weighted by Gasteiger charge is -2.17. The number of amides is 1. The van der Waals surface area contributed by atoms with Crippen LogP contribution in [0.4, 0.5) is 0 Å². The van der Waals surface area contributed by atoms with Crippen LogP contribution in [-0.2, 0) is 11.2 Å². The van der Waals surface area contributed by atoms with Gasteiger partial charge in [-0.15, -0.1) is 0 Å². The number of fused-ring (bicyclic) bond motifs is 1. The van der Waals surface area contributed by atoms with Crippen molar-refractivity contribution in [3.63, 3.8) is 0 Å². The number of nitrogens with one attached hydrogen (secondary N) is 1. The van der Waals surface area contributed by atoms with Crippen LogP contribution in [0.2, 0.25) is 0 Å². The highest BCUT2D eigenvalue weighted by Crippen LogP contribution is 2.28. The standard InChI is InChI=1S/C28H37NO3/c1-29-28(32)27(23-16-18-26(31)19-17-23)13-7-12-25(30)11-4-2-3-8-21-14-15-22-9-5-6-10-24(22)20-21/h5-6,9-10,16-20,25,27,30-31H,2-4,7-8,11-15H2,1H3,(H,29,32). The summed E-state index contributed by atoms with van der Waals surface area (Å²) in [6.07, 6.45) is 11.9. The van der Waals surface area contributed by atoms with Crippen LogP contribution in [-0.4, -0.2) is 29.3 Å². The largest absolute Gasteiger partial charge is 0.508 e. The fourth-order valence-electron chi connectivity index (χ4n) is 4.63. The zero-order valence-corrected chi connectivity index (χ0v) is 19.2. The molecule has 0 bridgehead atoms. The fourth-order valence-corrected chi connectivity index (χ4v) is 4.63. The van der Waals surface area contributed by atoms with E-state index in [-0.39, 0.29) is 23.7 Å². The Labute approximate surface area is 192 Å². The van der Waals surface area contributed by atoms with E-state index >= 15 is 0 Å². The highest BCUT2D eigenvalue weighted by atomic mass is 16.3. The second-order valence-electron chi connectivity index (χ2n) is 8.94. The van der Waals surface area contributed by atoms with Crippen molar-refractivity contribution in [3.05, 3.63) is 70.8 Å². The van der Waals surface area contributed by atoms with Crippen LogP contribution in [0.3, 0.4) is 0 Å². The Morgan fingerprint density at radius 1 is 0.938 bits per heavy atom. The van der Waals surface area contributed by atoms with E-state index in [9.17, 15) is 15.0 Å².